The lowest BCUT2D eigenvalue weighted by molar-refractivity contribution is 0.544. The van der Waals surface area contributed by atoms with E-state index in [-0.39, 0.29) is 0 Å². The monoisotopic (exact) mass is 351 g/mol. The van der Waals surface area contributed by atoms with Crippen LogP contribution in [0.5, 0.6) is 0 Å². The number of rotatable bonds is 5. The molecule has 2 rings (SSSR count). The van der Waals surface area contributed by atoms with Gasteiger partial charge in [0.15, 0.2) is 0 Å². The number of hydrogen-bond donors (Lipinski definition) is 1. The smallest absolute Gasteiger partial charge is 0.0218 e. The predicted molar refractivity (Wildman–Crippen MR) is 85.6 cm³/mol. The molecule has 18 heavy (non-hydrogen) atoms. The molecule has 1 atom stereocenters. The third-order valence-electron chi connectivity index (χ3n) is 2.98. The van der Waals surface area contributed by atoms with Crippen LogP contribution in [0.25, 0.3) is 0 Å². The molecule has 0 saturated carbocycles. The fourth-order valence-electron chi connectivity index (χ4n) is 1.97. The fraction of sp³-hybridized carbons (Fsp3) is 0.250. The topological polar surface area (TPSA) is 12.0 Å². The Morgan fingerprint density at radius 1 is 1.00 bits per heavy atom. The van der Waals surface area contributed by atoms with Gasteiger partial charge in [0.05, 0.1) is 0 Å². The maximum atomic E-state index is 3.58. The summed E-state index contributed by atoms with van der Waals surface area (Å²) in [6, 6.07) is 19.6. The van der Waals surface area contributed by atoms with Gasteiger partial charge in [0, 0.05) is 16.2 Å². The van der Waals surface area contributed by atoms with E-state index in [0.717, 1.165) is 13.0 Å². The van der Waals surface area contributed by atoms with E-state index >= 15 is 0 Å². The van der Waals surface area contributed by atoms with Gasteiger partial charge in [-0.15, -0.1) is 0 Å². The third kappa shape index (κ3) is 4.10. The Bertz CT molecular complexity index is 481. The molecule has 0 heterocycles. The Hall–Kier alpha value is -0.870. The van der Waals surface area contributed by atoms with Gasteiger partial charge in [-0.05, 0) is 53.1 Å². The largest absolute Gasteiger partial charge is 0.310 e. The van der Waals surface area contributed by atoms with E-state index in [4.69, 9.17) is 0 Å². The molecule has 0 aliphatic carbocycles. The van der Waals surface area contributed by atoms with Gasteiger partial charge in [0.25, 0.3) is 0 Å². The highest BCUT2D eigenvalue weighted by atomic mass is 127. The molecule has 0 spiro atoms. The summed E-state index contributed by atoms with van der Waals surface area (Å²) in [5.41, 5.74) is 2.76. The first kappa shape index (κ1) is 13.6. The second kappa shape index (κ2) is 6.90. The van der Waals surface area contributed by atoms with Gasteiger partial charge < -0.3 is 5.32 Å². The lowest BCUT2D eigenvalue weighted by atomic mass is 10.1. The van der Waals surface area contributed by atoms with Crippen molar-refractivity contribution in [1.29, 1.82) is 0 Å². The van der Waals surface area contributed by atoms with Crippen molar-refractivity contribution >= 4 is 22.6 Å². The molecule has 1 nitrogen and oxygen atoms in total. The summed E-state index contributed by atoms with van der Waals surface area (Å²) < 4.78 is 1.33. The highest BCUT2D eigenvalue weighted by Gasteiger charge is 2.04. The van der Waals surface area contributed by atoms with Gasteiger partial charge in [-0.25, -0.2) is 0 Å². The molecule has 0 aromatic heterocycles. The second-order valence-corrected chi connectivity index (χ2v) is 5.73. The van der Waals surface area contributed by atoms with Crippen molar-refractivity contribution < 1.29 is 0 Å². The van der Waals surface area contributed by atoms with Crippen LogP contribution in [0.1, 0.15) is 18.1 Å². The molecular weight excluding hydrogens is 333 g/mol. The lowest BCUT2D eigenvalue weighted by Gasteiger charge is -2.14. The van der Waals surface area contributed by atoms with E-state index in [9.17, 15) is 0 Å². The number of nitrogens with one attached hydrogen (secondary N) is 1. The van der Waals surface area contributed by atoms with Crippen LogP contribution in [0, 0.1) is 3.57 Å². The first-order valence-corrected chi connectivity index (χ1v) is 7.34. The summed E-state index contributed by atoms with van der Waals surface area (Å²) in [6.45, 7) is 3.18. The highest BCUT2D eigenvalue weighted by Crippen LogP contribution is 2.11. The van der Waals surface area contributed by atoms with Crippen molar-refractivity contribution in [3.05, 3.63) is 69.3 Å². The van der Waals surface area contributed by atoms with Gasteiger partial charge in [0.1, 0.15) is 0 Å². The van der Waals surface area contributed by atoms with Crippen molar-refractivity contribution in [2.45, 2.75) is 25.9 Å². The Morgan fingerprint density at radius 2 is 1.67 bits per heavy atom. The first-order chi connectivity index (χ1) is 8.75. The van der Waals surface area contributed by atoms with Crippen molar-refractivity contribution in [2.75, 3.05) is 0 Å². The van der Waals surface area contributed by atoms with Crippen LogP contribution in [0.15, 0.2) is 54.6 Å². The minimum absolute atomic E-state index is 0.489. The zero-order chi connectivity index (χ0) is 12.8. The SMILES string of the molecule is C[C@H](Cc1ccccc1)NCc1ccccc1I. The molecule has 0 bridgehead atoms. The van der Waals surface area contributed by atoms with Crippen LogP contribution < -0.4 is 5.32 Å². The zero-order valence-corrected chi connectivity index (χ0v) is 12.7. The van der Waals surface area contributed by atoms with Crippen LogP contribution in [-0.2, 0) is 13.0 Å². The predicted octanol–water partition coefficient (Wildman–Crippen LogP) is 4.01. The molecule has 0 fully saturated rings. The van der Waals surface area contributed by atoms with E-state index in [1.54, 1.807) is 0 Å². The van der Waals surface area contributed by atoms with E-state index in [2.05, 4.69) is 89.4 Å². The summed E-state index contributed by atoms with van der Waals surface area (Å²) in [4.78, 5) is 0. The van der Waals surface area contributed by atoms with Crippen LogP contribution in [-0.4, -0.2) is 6.04 Å². The van der Waals surface area contributed by atoms with Gasteiger partial charge in [-0.1, -0.05) is 48.5 Å². The molecule has 1 N–H and O–H groups in total. The van der Waals surface area contributed by atoms with E-state index in [1.807, 2.05) is 0 Å². The first-order valence-electron chi connectivity index (χ1n) is 6.26. The highest BCUT2D eigenvalue weighted by molar-refractivity contribution is 14.1. The summed E-state index contributed by atoms with van der Waals surface area (Å²) >= 11 is 2.39. The van der Waals surface area contributed by atoms with E-state index in [1.165, 1.54) is 14.7 Å². The van der Waals surface area contributed by atoms with Crippen LogP contribution in [0.4, 0.5) is 0 Å². The molecule has 0 aliphatic rings. The minimum atomic E-state index is 0.489. The maximum Gasteiger partial charge on any atom is 0.0218 e. The average Bonchev–Trinajstić information content (AvgIpc) is 2.39. The van der Waals surface area contributed by atoms with Gasteiger partial charge in [0.2, 0.25) is 0 Å². The summed E-state index contributed by atoms with van der Waals surface area (Å²) in [5, 5.41) is 3.58. The second-order valence-electron chi connectivity index (χ2n) is 4.56. The molecule has 2 aromatic rings. The number of benzene rings is 2. The quantitative estimate of drug-likeness (QED) is 0.803. The third-order valence-corrected chi connectivity index (χ3v) is 4.04. The number of hydrogen-bond acceptors (Lipinski definition) is 1. The maximum absolute atomic E-state index is 3.58. The molecule has 94 valence electrons. The van der Waals surface area contributed by atoms with Gasteiger partial charge in [-0.3, -0.25) is 0 Å². The minimum Gasteiger partial charge on any atom is -0.310 e. The van der Waals surface area contributed by atoms with Crippen molar-refractivity contribution in [3.8, 4) is 0 Å². The Kier molecular flexibility index (Phi) is 5.20. The Labute approximate surface area is 123 Å². The molecule has 2 aromatic carbocycles. The van der Waals surface area contributed by atoms with Crippen LogP contribution >= 0.6 is 22.6 Å². The average molecular weight is 351 g/mol. The molecule has 0 aliphatic heterocycles. The lowest BCUT2D eigenvalue weighted by Crippen LogP contribution is -2.27. The van der Waals surface area contributed by atoms with Crippen molar-refractivity contribution in [2.24, 2.45) is 0 Å². The Morgan fingerprint density at radius 3 is 2.39 bits per heavy atom. The van der Waals surface area contributed by atoms with Crippen LogP contribution in [0.3, 0.4) is 0 Å². The van der Waals surface area contributed by atoms with Gasteiger partial charge in [-0.2, -0.15) is 0 Å². The molecule has 0 unspecified atom stereocenters. The van der Waals surface area contributed by atoms with Crippen molar-refractivity contribution in [1.82, 2.24) is 5.32 Å². The molecular formula is C16H18IN. The molecule has 0 radical (unpaired) electrons. The fourth-order valence-corrected chi connectivity index (χ4v) is 2.54. The summed E-state index contributed by atoms with van der Waals surface area (Å²) in [5.74, 6) is 0. The zero-order valence-electron chi connectivity index (χ0n) is 10.6. The Balaban J connectivity index is 1.86. The summed E-state index contributed by atoms with van der Waals surface area (Å²) in [6.07, 6.45) is 1.07. The van der Waals surface area contributed by atoms with E-state index < -0.39 is 0 Å². The molecule has 0 amide bonds. The normalized spacial score (nSPS) is 12.3. The molecule has 2 heteroatoms. The standard InChI is InChI=1S/C16H18IN/c1-13(11-14-7-3-2-4-8-14)18-12-15-9-5-6-10-16(15)17/h2-10,13,18H,11-12H2,1H3/t13-/m1/s1. The van der Waals surface area contributed by atoms with E-state index in [0.29, 0.717) is 6.04 Å². The van der Waals surface area contributed by atoms with Crippen molar-refractivity contribution in [3.63, 3.8) is 0 Å². The number of halogens is 1. The summed E-state index contributed by atoms with van der Waals surface area (Å²) in [7, 11) is 0. The molecule has 0 saturated heterocycles. The van der Waals surface area contributed by atoms with Crippen LogP contribution in [0.2, 0.25) is 0 Å². The van der Waals surface area contributed by atoms with Gasteiger partial charge >= 0.3 is 0 Å².